The molecule has 1 aliphatic rings. The fourth-order valence-electron chi connectivity index (χ4n) is 2.62. The maximum atomic E-state index is 11.2. The van der Waals surface area contributed by atoms with Crippen molar-refractivity contribution in [2.75, 3.05) is 13.1 Å². The number of halogens is 1. The van der Waals surface area contributed by atoms with Crippen molar-refractivity contribution in [2.24, 2.45) is 12.5 Å². The highest BCUT2D eigenvalue weighted by atomic mass is 35.5. The van der Waals surface area contributed by atoms with Crippen LogP contribution < -0.4 is 0 Å². The van der Waals surface area contributed by atoms with Gasteiger partial charge in [-0.3, -0.25) is 14.4 Å². The number of hydrogen-bond acceptors (Lipinski definition) is 3. The zero-order chi connectivity index (χ0) is 14.9. The van der Waals surface area contributed by atoms with Crippen molar-refractivity contribution < 1.29 is 9.90 Å². The highest BCUT2D eigenvalue weighted by Gasteiger charge is 2.37. The Labute approximate surface area is 124 Å². The number of carbonyl (C=O) groups is 1. The van der Waals surface area contributed by atoms with Crippen molar-refractivity contribution in [3.05, 3.63) is 16.4 Å². The van der Waals surface area contributed by atoms with E-state index in [-0.39, 0.29) is 0 Å². The number of aromatic nitrogens is 2. The second kappa shape index (κ2) is 5.74. The van der Waals surface area contributed by atoms with Gasteiger partial charge in [-0.25, -0.2) is 0 Å². The van der Waals surface area contributed by atoms with E-state index < -0.39 is 11.4 Å². The number of piperidine rings is 1. The van der Waals surface area contributed by atoms with Gasteiger partial charge in [-0.15, -0.1) is 0 Å². The number of rotatable bonds is 4. The molecule has 1 N–H and O–H groups in total. The summed E-state index contributed by atoms with van der Waals surface area (Å²) in [5.74, 6) is -0.691. The van der Waals surface area contributed by atoms with Crippen molar-refractivity contribution in [3.63, 3.8) is 0 Å². The molecule has 1 aliphatic heterocycles. The van der Waals surface area contributed by atoms with Gasteiger partial charge in [0.2, 0.25) is 0 Å². The molecule has 1 aromatic rings. The van der Waals surface area contributed by atoms with Crippen LogP contribution in [0.3, 0.4) is 0 Å². The van der Waals surface area contributed by atoms with Crippen molar-refractivity contribution >= 4 is 17.6 Å². The second-order valence-corrected chi connectivity index (χ2v) is 6.20. The lowest BCUT2D eigenvalue weighted by atomic mass is 9.80. The summed E-state index contributed by atoms with van der Waals surface area (Å²) in [4.78, 5) is 13.5. The predicted molar refractivity (Wildman–Crippen MR) is 77.8 cm³/mol. The molecule has 0 unspecified atom stereocenters. The van der Waals surface area contributed by atoms with Crippen LogP contribution >= 0.6 is 11.6 Å². The van der Waals surface area contributed by atoms with Crippen LogP contribution in [0.2, 0.25) is 5.02 Å². The quantitative estimate of drug-likeness (QED) is 0.927. The molecule has 0 bridgehead atoms. The van der Waals surface area contributed by atoms with E-state index in [1.165, 1.54) is 0 Å². The number of aryl methyl sites for hydroxylation is 2. The van der Waals surface area contributed by atoms with Gasteiger partial charge in [0, 0.05) is 13.6 Å². The Bertz CT molecular complexity index is 505. The Morgan fingerprint density at radius 2 is 2.05 bits per heavy atom. The topological polar surface area (TPSA) is 58.4 Å². The summed E-state index contributed by atoms with van der Waals surface area (Å²) in [6, 6.07) is 0. The van der Waals surface area contributed by atoms with E-state index in [1.54, 1.807) is 0 Å². The fourth-order valence-corrected chi connectivity index (χ4v) is 2.98. The largest absolute Gasteiger partial charge is 0.481 e. The number of aliphatic carboxylic acids is 1. The van der Waals surface area contributed by atoms with E-state index in [0.29, 0.717) is 12.8 Å². The van der Waals surface area contributed by atoms with Crippen LogP contribution in [0.5, 0.6) is 0 Å². The Balaban J connectivity index is 2.03. The summed E-state index contributed by atoms with van der Waals surface area (Å²) in [5, 5.41) is 14.4. The molecule has 5 nitrogen and oxygen atoms in total. The molecule has 0 radical (unpaired) electrons. The van der Waals surface area contributed by atoms with Gasteiger partial charge in [-0.1, -0.05) is 18.5 Å². The summed E-state index contributed by atoms with van der Waals surface area (Å²) < 4.78 is 1.84. The van der Waals surface area contributed by atoms with Gasteiger partial charge >= 0.3 is 5.97 Å². The van der Waals surface area contributed by atoms with Crippen LogP contribution in [0.25, 0.3) is 0 Å². The summed E-state index contributed by atoms with van der Waals surface area (Å²) in [6.45, 7) is 6.17. The summed E-state index contributed by atoms with van der Waals surface area (Å²) >= 11 is 6.35. The van der Waals surface area contributed by atoms with Gasteiger partial charge in [0.25, 0.3) is 0 Å². The first-order valence-electron chi connectivity index (χ1n) is 7.03. The lowest BCUT2D eigenvalue weighted by molar-refractivity contribution is -0.150. The van der Waals surface area contributed by atoms with Gasteiger partial charge in [0.1, 0.15) is 0 Å². The zero-order valence-corrected chi connectivity index (χ0v) is 13.1. The Morgan fingerprint density at radius 1 is 1.45 bits per heavy atom. The first-order valence-corrected chi connectivity index (χ1v) is 7.41. The van der Waals surface area contributed by atoms with E-state index in [0.717, 1.165) is 42.5 Å². The minimum absolute atomic E-state index is 0.582. The standard InChI is InChI=1S/C14H22ClN3O2/c1-4-10-12(15)11(17(3)16-10)9-18-7-5-14(2,6-8-18)13(19)20/h4-9H2,1-3H3,(H,19,20). The molecule has 0 amide bonds. The minimum atomic E-state index is -0.691. The highest BCUT2D eigenvalue weighted by Crippen LogP contribution is 2.32. The van der Waals surface area contributed by atoms with Crippen LogP contribution in [-0.4, -0.2) is 38.8 Å². The van der Waals surface area contributed by atoms with Crippen LogP contribution in [0.1, 0.15) is 38.1 Å². The molecule has 112 valence electrons. The molecular weight excluding hydrogens is 278 g/mol. The molecule has 20 heavy (non-hydrogen) atoms. The molecule has 2 rings (SSSR count). The monoisotopic (exact) mass is 299 g/mol. The summed E-state index contributed by atoms with van der Waals surface area (Å²) in [5.41, 5.74) is 1.36. The van der Waals surface area contributed by atoms with Gasteiger partial charge in [0.05, 0.1) is 21.8 Å². The number of nitrogens with zero attached hydrogens (tertiary/aromatic N) is 3. The van der Waals surface area contributed by atoms with Gasteiger partial charge < -0.3 is 5.11 Å². The molecule has 0 aromatic carbocycles. The van der Waals surface area contributed by atoms with Crippen molar-refractivity contribution in [1.82, 2.24) is 14.7 Å². The zero-order valence-electron chi connectivity index (χ0n) is 12.3. The predicted octanol–water partition coefficient (Wildman–Crippen LogP) is 2.32. The molecular formula is C14H22ClN3O2. The van der Waals surface area contributed by atoms with E-state index >= 15 is 0 Å². The Kier molecular flexibility index (Phi) is 4.39. The molecule has 0 atom stereocenters. The van der Waals surface area contributed by atoms with E-state index in [2.05, 4.69) is 10.00 Å². The lowest BCUT2D eigenvalue weighted by Crippen LogP contribution is -2.42. The van der Waals surface area contributed by atoms with E-state index in [1.807, 2.05) is 25.6 Å². The Morgan fingerprint density at radius 3 is 2.50 bits per heavy atom. The van der Waals surface area contributed by atoms with Crippen LogP contribution in [0.4, 0.5) is 0 Å². The van der Waals surface area contributed by atoms with E-state index in [9.17, 15) is 9.90 Å². The molecule has 0 spiro atoms. The fraction of sp³-hybridized carbons (Fsp3) is 0.714. The summed E-state index contributed by atoms with van der Waals surface area (Å²) in [7, 11) is 1.91. The molecule has 2 heterocycles. The summed E-state index contributed by atoms with van der Waals surface area (Å²) in [6.07, 6.45) is 2.18. The molecule has 0 saturated carbocycles. The van der Waals surface area contributed by atoms with Gasteiger partial charge in [0.15, 0.2) is 0 Å². The first-order chi connectivity index (χ1) is 9.37. The third-order valence-corrected chi connectivity index (χ3v) is 4.79. The third kappa shape index (κ3) is 2.83. The van der Waals surface area contributed by atoms with Crippen molar-refractivity contribution in [1.29, 1.82) is 0 Å². The van der Waals surface area contributed by atoms with Crippen LogP contribution in [0, 0.1) is 5.41 Å². The first kappa shape index (κ1) is 15.3. The number of carboxylic acids is 1. The van der Waals surface area contributed by atoms with Crippen LogP contribution in [0.15, 0.2) is 0 Å². The normalized spacial score (nSPS) is 19.2. The number of carboxylic acid groups (broad SMARTS) is 1. The second-order valence-electron chi connectivity index (χ2n) is 5.83. The van der Waals surface area contributed by atoms with E-state index in [4.69, 9.17) is 11.6 Å². The highest BCUT2D eigenvalue weighted by molar-refractivity contribution is 6.31. The van der Waals surface area contributed by atoms with Crippen LogP contribution in [-0.2, 0) is 24.8 Å². The molecule has 1 fully saturated rings. The average molecular weight is 300 g/mol. The SMILES string of the molecule is CCc1nn(C)c(CN2CCC(C)(C(=O)O)CC2)c1Cl. The lowest BCUT2D eigenvalue weighted by Gasteiger charge is -2.36. The average Bonchev–Trinajstić information content (AvgIpc) is 2.68. The number of likely N-dealkylation sites (tertiary alicyclic amines) is 1. The maximum Gasteiger partial charge on any atom is 0.309 e. The molecule has 6 heteroatoms. The van der Waals surface area contributed by atoms with Crippen molar-refractivity contribution in [2.45, 2.75) is 39.7 Å². The molecule has 0 aliphatic carbocycles. The third-order valence-electron chi connectivity index (χ3n) is 4.35. The maximum absolute atomic E-state index is 11.2. The van der Waals surface area contributed by atoms with Gasteiger partial charge in [-0.05, 0) is 39.3 Å². The minimum Gasteiger partial charge on any atom is -0.481 e. The Hall–Kier alpha value is -1.07. The smallest absolute Gasteiger partial charge is 0.309 e. The molecule has 1 saturated heterocycles. The van der Waals surface area contributed by atoms with Crippen molar-refractivity contribution in [3.8, 4) is 0 Å². The number of hydrogen-bond donors (Lipinski definition) is 1. The molecule has 1 aromatic heterocycles. The van der Waals surface area contributed by atoms with Gasteiger partial charge in [-0.2, -0.15) is 5.10 Å².